The van der Waals surface area contributed by atoms with Gasteiger partial charge in [-0.15, -0.1) is 0 Å². The molecule has 0 aromatic heterocycles. The van der Waals surface area contributed by atoms with Crippen LogP contribution in [0, 0.1) is 11.3 Å². The molecule has 130 valence electrons. The van der Waals surface area contributed by atoms with Crippen molar-refractivity contribution in [3.05, 3.63) is 0 Å². The molecular weight excluding hydrogens is 276 g/mol. The minimum atomic E-state index is -0.455. The molecule has 0 unspecified atom stereocenters. The van der Waals surface area contributed by atoms with Gasteiger partial charge in [-0.2, -0.15) is 0 Å². The van der Waals surface area contributed by atoms with E-state index < -0.39 is 5.41 Å². The molecule has 0 fully saturated rings. The topological polar surface area (TPSA) is 65.5 Å². The summed E-state index contributed by atoms with van der Waals surface area (Å²) in [6.07, 6.45) is 6.35. The van der Waals surface area contributed by atoms with Crippen LogP contribution >= 0.6 is 0 Å². The number of unbranched alkanes of at least 4 members (excludes halogenated alkanes) is 3. The van der Waals surface area contributed by atoms with Crippen molar-refractivity contribution >= 4 is 11.9 Å². The Labute approximate surface area is 136 Å². The lowest BCUT2D eigenvalue weighted by atomic mass is 9.92. The van der Waals surface area contributed by atoms with E-state index in [9.17, 15) is 4.79 Å². The van der Waals surface area contributed by atoms with E-state index in [1.165, 1.54) is 25.7 Å². The number of hydrogen-bond acceptors (Lipinski definition) is 2. The fraction of sp³-hybridized carbons (Fsp3) is 0.882. The van der Waals surface area contributed by atoms with Gasteiger partial charge in [0.05, 0.1) is 5.41 Å². The number of amides is 1. The van der Waals surface area contributed by atoms with Crippen molar-refractivity contribution < 1.29 is 4.79 Å². The van der Waals surface area contributed by atoms with Gasteiger partial charge in [0.25, 0.3) is 0 Å². The van der Waals surface area contributed by atoms with Crippen molar-refractivity contribution in [2.24, 2.45) is 16.3 Å². The maximum absolute atomic E-state index is 11.7. The van der Waals surface area contributed by atoms with E-state index in [2.05, 4.69) is 34.8 Å². The quantitative estimate of drug-likeness (QED) is 0.330. The molecule has 0 saturated carbocycles. The Hall–Kier alpha value is -1.26. The third-order valence-corrected chi connectivity index (χ3v) is 3.76. The number of rotatable bonds is 10. The van der Waals surface area contributed by atoms with Gasteiger partial charge in [-0.3, -0.25) is 9.79 Å². The van der Waals surface area contributed by atoms with Crippen LogP contribution in [0.25, 0.3) is 0 Å². The van der Waals surface area contributed by atoms with Crippen LogP contribution in [0.5, 0.6) is 0 Å². The van der Waals surface area contributed by atoms with Crippen LogP contribution < -0.4 is 16.0 Å². The molecule has 22 heavy (non-hydrogen) atoms. The summed E-state index contributed by atoms with van der Waals surface area (Å²) >= 11 is 0. The van der Waals surface area contributed by atoms with Crippen LogP contribution in [0.2, 0.25) is 0 Å². The summed E-state index contributed by atoms with van der Waals surface area (Å²) in [7, 11) is 3.42. The molecule has 0 heterocycles. The fourth-order valence-corrected chi connectivity index (χ4v) is 2.18. The van der Waals surface area contributed by atoms with E-state index in [-0.39, 0.29) is 5.91 Å². The lowest BCUT2D eigenvalue weighted by molar-refractivity contribution is -0.128. The molecule has 0 bridgehead atoms. The Balaban J connectivity index is 3.83. The molecule has 0 saturated heterocycles. The van der Waals surface area contributed by atoms with E-state index in [0.29, 0.717) is 6.54 Å². The molecule has 5 heteroatoms. The summed E-state index contributed by atoms with van der Waals surface area (Å²) in [6, 6.07) is 0. The Bertz CT molecular complexity index is 338. The minimum Gasteiger partial charge on any atom is -0.359 e. The summed E-state index contributed by atoms with van der Waals surface area (Å²) < 4.78 is 0. The zero-order chi connectivity index (χ0) is 17.0. The summed E-state index contributed by atoms with van der Waals surface area (Å²) in [4.78, 5) is 15.9. The van der Waals surface area contributed by atoms with Crippen LogP contribution in [0.4, 0.5) is 0 Å². The number of hydrogen-bond donors (Lipinski definition) is 3. The van der Waals surface area contributed by atoms with Crippen LogP contribution in [-0.2, 0) is 4.79 Å². The lowest BCUT2D eigenvalue weighted by Crippen LogP contribution is -2.47. The van der Waals surface area contributed by atoms with Crippen molar-refractivity contribution in [3.63, 3.8) is 0 Å². The first-order chi connectivity index (χ1) is 10.3. The van der Waals surface area contributed by atoms with Gasteiger partial charge < -0.3 is 16.0 Å². The SMILES string of the molecule is CN=C(NCCCCCCC(C)C)NCC(C)(C)C(=O)NC. The highest BCUT2D eigenvalue weighted by molar-refractivity contribution is 5.84. The van der Waals surface area contributed by atoms with Crippen LogP contribution in [0.1, 0.15) is 59.8 Å². The molecule has 1 amide bonds. The average molecular weight is 313 g/mol. The van der Waals surface area contributed by atoms with Crippen LogP contribution in [-0.4, -0.2) is 39.1 Å². The average Bonchev–Trinajstić information content (AvgIpc) is 2.47. The first kappa shape index (κ1) is 20.7. The number of nitrogens with zero attached hydrogens (tertiary/aromatic N) is 1. The molecule has 0 aromatic rings. The number of guanidine groups is 1. The third-order valence-electron chi connectivity index (χ3n) is 3.76. The van der Waals surface area contributed by atoms with Gasteiger partial charge in [0.1, 0.15) is 0 Å². The van der Waals surface area contributed by atoms with Gasteiger partial charge in [-0.1, -0.05) is 39.5 Å². The van der Waals surface area contributed by atoms with Gasteiger partial charge in [0.15, 0.2) is 5.96 Å². The molecule has 0 rings (SSSR count). The maximum atomic E-state index is 11.7. The molecule has 0 spiro atoms. The Morgan fingerprint density at radius 2 is 1.73 bits per heavy atom. The molecule has 0 aliphatic heterocycles. The molecule has 0 aliphatic carbocycles. The largest absolute Gasteiger partial charge is 0.359 e. The summed E-state index contributed by atoms with van der Waals surface area (Å²) in [5.74, 6) is 1.60. The summed E-state index contributed by atoms with van der Waals surface area (Å²) in [6.45, 7) is 9.86. The normalized spacial score (nSPS) is 12.4. The second-order valence-electron chi connectivity index (χ2n) is 6.91. The van der Waals surface area contributed by atoms with Gasteiger partial charge in [-0.05, 0) is 26.2 Å². The van der Waals surface area contributed by atoms with E-state index in [1.807, 2.05) is 13.8 Å². The van der Waals surface area contributed by atoms with Gasteiger partial charge in [-0.25, -0.2) is 0 Å². The smallest absolute Gasteiger partial charge is 0.227 e. The Morgan fingerprint density at radius 3 is 2.27 bits per heavy atom. The van der Waals surface area contributed by atoms with Crippen molar-refractivity contribution in [2.75, 3.05) is 27.2 Å². The van der Waals surface area contributed by atoms with Crippen molar-refractivity contribution in [3.8, 4) is 0 Å². The highest BCUT2D eigenvalue weighted by Crippen LogP contribution is 2.13. The zero-order valence-electron chi connectivity index (χ0n) is 15.4. The highest BCUT2D eigenvalue weighted by atomic mass is 16.2. The number of aliphatic imine (C=N–C) groups is 1. The molecule has 3 N–H and O–H groups in total. The second kappa shape index (κ2) is 11.3. The number of carbonyl (C=O) groups is 1. The van der Waals surface area contributed by atoms with Crippen molar-refractivity contribution in [2.45, 2.75) is 59.8 Å². The van der Waals surface area contributed by atoms with E-state index in [4.69, 9.17) is 0 Å². The monoisotopic (exact) mass is 312 g/mol. The zero-order valence-corrected chi connectivity index (χ0v) is 15.4. The summed E-state index contributed by atoms with van der Waals surface area (Å²) in [5, 5.41) is 9.21. The first-order valence-corrected chi connectivity index (χ1v) is 8.50. The molecule has 5 nitrogen and oxygen atoms in total. The van der Waals surface area contributed by atoms with E-state index in [1.54, 1.807) is 14.1 Å². The first-order valence-electron chi connectivity index (χ1n) is 8.50. The molecule has 0 aliphatic rings. The molecule has 0 atom stereocenters. The molecule has 0 aromatic carbocycles. The fourth-order valence-electron chi connectivity index (χ4n) is 2.18. The minimum absolute atomic E-state index is 0.0283. The standard InChI is InChI=1S/C17H36N4O/c1-14(2)11-9-7-8-10-12-20-16(19-6)21-13-17(3,4)15(22)18-5/h14H,7-13H2,1-6H3,(H,18,22)(H2,19,20,21). The Morgan fingerprint density at radius 1 is 1.09 bits per heavy atom. The predicted molar refractivity (Wildman–Crippen MR) is 95.1 cm³/mol. The lowest BCUT2D eigenvalue weighted by Gasteiger charge is -2.24. The van der Waals surface area contributed by atoms with E-state index in [0.717, 1.165) is 24.8 Å². The van der Waals surface area contributed by atoms with Crippen LogP contribution in [0.3, 0.4) is 0 Å². The summed E-state index contributed by atoms with van der Waals surface area (Å²) in [5.41, 5.74) is -0.455. The van der Waals surface area contributed by atoms with Crippen molar-refractivity contribution in [1.29, 1.82) is 0 Å². The van der Waals surface area contributed by atoms with Gasteiger partial charge in [0, 0.05) is 27.2 Å². The maximum Gasteiger partial charge on any atom is 0.227 e. The van der Waals surface area contributed by atoms with E-state index >= 15 is 0 Å². The van der Waals surface area contributed by atoms with Gasteiger partial charge in [0.2, 0.25) is 5.91 Å². The number of nitrogens with one attached hydrogen (secondary N) is 3. The van der Waals surface area contributed by atoms with Crippen LogP contribution in [0.15, 0.2) is 4.99 Å². The Kier molecular flexibility index (Phi) is 10.7. The molecular formula is C17H36N4O. The second-order valence-corrected chi connectivity index (χ2v) is 6.91. The molecule has 0 radical (unpaired) electrons. The van der Waals surface area contributed by atoms with Crippen molar-refractivity contribution in [1.82, 2.24) is 16.0 Å². The third kappa shape index (κ3) is 9.64. The number of carbonyl (C=O) groups excluding carboxylic acids is 1. The van der Waals surface area contributed by atoms with Gasteiger partial charge >= 0.3 is 0 Å². The predicted octanol–water partition coefficient (Wildman–Crippen LogP) is 2.53. The highest BCUT2D eigenvalue weighted by Gasteiger charge is 2.26.